The minimum atomic E-state index is -0.299. The smallest absolute Gasteiger partial charge is 0.0812 e. The van der Waals surface area contributed by atoms with Crippen molar-refractivity contribution in [2.45, 2.75) is 45.8 Å². The van der Waals surface area contributed by atoms with Gasteiger partial charge in [-0.1, -0.05) is 44.2 Å². The molecule has 2 nitrogen and oxygen atoms in total. The Balaban J connectivity index is 1.79. The highest BCUT2D eigenvalue weighted by atomic mass is 16.3. The van der Waals surface area contributed by atoms with Gasteiger partial charge in [0, 0.05) is 24.0 Å². The van der Waals surface area contributed by atoms with Crippen LogP contribution in [0.1, 0.15) is 43.2 Å². The van der Waals surface area contributed by atoms with Gasteiger partial charge in [-0.15, -0.1) is 0 Å². The van der Waals surface area contributed by atoms with Crippen LogP contribution in [-0.2, 0) is 19.4 Å². The highest BCUT2D eigenvalue weighted by Gasteiger charge is 2.32. The Hall–Kier alpha value is -1.54. The van der Waals surface area contributed by atoms with Crippen molar-refractivity contribution in [3.63, 3.8) is 0 Å². The number of nitrogens with zero attached hydrogens (tertiary/aromatic N) is 1. The van der Waals surface area contributed by atoms with E-state index in [0.29, 0.717) is 0 Å². The average Bonchev–Trinajstić information content (AvgIpc) is 2.79. The molecule has 0 spiro atoms. The molecule has 0 aliphatic heterocycles. The molecule has 1 heterocycles. The molecule has 0 saturated carbocycles. The topological polar surface area (TPSA) is 25.2 Å². The van der Waals surface area contributed by atoms with Crippen molar-refractivity contribution in [2.75, 3.05) is 0 Å². The first kappa shape index (κ1) is 13.4. The van der Waals surface area contributed by atoms with Crippen LogP contribution in [-0.4, -0.2) is 9.67 Å². The molecule has 1 unspecified atom stereocenters. The van der Waals surface area contributed by atoms with Gasteiger partial charge in [-0.25, -0.2) is 0 Å². The maximum absolute atomic E-state index is 10.3. The Morgan fingerprint density at radius 1 is 1.20 bits per heavy atom. The number of hydrogen-bond donors (Lipinski definition) is 1. The highest BCUT2D eigenvalue weighted by Crippen LogP contribution is 2.41. The molecule has 2 heteroatoms. The molecule has 3 rings (SSSR count). The van der Waals surface area contributed by atoms with E-state index in [-0.39, 0.29) is 11.5 Å². The number of aryl methyl sites for hydroxylation is 2. The van der Waals surface area contributed by atoms with Gasteiger partial charge in [0.1, 0.15) is 0 Å². The second-order valence-corrected chi connectivity index (χ2v) is 6.71. The van der Waals surface area contributed by atoms with E-state index < -0.39 is 0 Å². The van der Waals surface area contributed by atoms with Crippen molar-refractivity contribution < 1.29 is 5.11 Å². The van der Waals surface area contributed by atoms with Crippen LogP contribution in [0.2, 0.25) is 0 Å². The zero-order valence-electron chi connectivity index (χ0n) is 12.3. The Labute approximate surface area is 121 Å². The van der Waals surface area contributed by atoms with Crippen LogP contribution in [0.5, 0.6) is 0 Å². The standard InChI is InChI=1S/C18H23NO/c1-18(2)12-16-15(17(20)13-18)9-11-19(16)10-8-14-6-4-3-5-7-14/h3-7,9,11,17,20H,8,10,12-13H2,1-2H3. The van der Waals surface area contributed by atoms with Crippen LogP contribution in [0.4, 0.5) is 0 Å². The second-order valence-electron chi connectivity index (χ2n) is 6.71. The Morgan fingerprint density at radius 2 is 1.95 bits per heavy atom. The lowest BCUT2D eigenvalue weighted by atomic mass is 9.75. The summed E-state index contributed by atoms with van der Waals surface area (Å²) in [6, 6.07) is 12.7. The third kappa shape index (κ3) is 2.66. The number of benzene rings is 1. The van der Waals surface area contributed by atoms with Crippen LogP contribution in [0.25, 0.3) is 0 Å². The third-order valence-corrected chi connectivity index (χ3v) is 4.35. The van der Waals surface area contributed by atoms with Crippen LogP contribution >= 0.6 is 0 Å². The van der Waals surface area contributed by atoms with E-state index in [2.05, 4.69) is 61.0 Å². The molecule has 0 amide bonds. The van der Waals surface area contributed by atoms with Gasteiger partial charge in [0.2, 0.25) is 0 Å². The van der Waals surface area contributed by atoms with E-state index >= 15 is 0 Å². The first-order valence-corrected chi connectivity index (χ1v) is 7.45. The number of aromatic nitrogens is 1. The molecule has 106 valence electrons. The van der Waals surface area contributed by atoms with E-state index in [1.807, 2.05) is 0 Å². The van der Waals surface area contributed by atoms with Crippen molar-refractivity contribution in [1.29, 1.82) is 0 Å². The molecule has 20 heavy (non-hydrogen) atoms. The summed E-state index contributed by atoms with van der Waals surface area (Å²) >= 11 is 0. The molecule has 1 aromatic carbocycles. The summed E-state index contributed by atoms with van der Waals surface area (Å²) in [5.41, 5.74) is 4.02. The number of aliphatic hydroxyl groups is 1. The number of aliphatic hydroxyl groups excluding tert-OH is 1. The summed E-state index contributed by atoms with van der Waals surface area (Å²) in [7, 11) is 0. The highest BCUT2D eigenvalue weighted by molar-refractivity contribution is 5.29. The quantitative estimate of drug-likeness (QED) is 0.902. The second kappa shape index (κ2) is 5.10. The molecule has 0 saturated heterocycles. The largest absolute Gasteiger partial charge is 0.388 e. The van der Waals surface area contributed by atoms with Gasteiger partial charge in [0.15, 0.2) is 0 Å². The van der Waals surface area contributed by atoms with E-state index in [9.17, 15) is 5.11 Å². The van der Waals surface area contributed by atoms with Crippen LogP contribution in [0, 0.1) is 5.41 Å². The average molecular weight is 269 g/mol. The van der Waals surface area contributed by atoms with Gasteiger partial charge < -0.3 is 9.67 Å². The van der Waals surface area contributed by atoms with Gasteiger partial charge in [0.05, 0.1) is 6.10 Å². The zero-order valence-corrected chi connectivity index (χ0v) is 12.3. The molecule has 0 bridgehead atoms. The van der Waals surface area contributed by atoms with Crippen LogP contribution in [0.15, 0.2) is 42.6 Å². The number of hydrogen-bond acceptors (Lipinski definition) is 1. The summed E-state index contributed by atoms with van der Waals surface area (Å²) in [6.45, 7) is 5.48. The maximum Gasteiger partial charge on any atom is 0.0812 e. The first-order chi connectivity index (χ1) is 9.55. The minimum Gasteiger partial charge on any atom is -0.388 e. The summed E-state index contributed by atoms with van der Waals surface area (Å²) in [5, 5.41) is 10.3. The first-order valence-electron chi connectivity index (χ1n) is 7.45. The third-order valence-electron chi connectivity index (χ3n) is 4.35. The van der Waals surface area contributed by atoms with Crippen molar-refractivity contribution in [2.24, 2.45) is 5.41 Å². The molecular formula is C18H23NO. The number of rotatable bonds is 3. The lowest BCUT2D eigenvalue weighted by molar-refractivity contribution is 0.0979. The lowest BCUT2D eigenvalue weighted by Crippen LogP contribution is -2.26. The molecular weight excluding hydrogens is 246 g/mol. The molecule has 1 atom stereocenters. The van der Waals surface area contributed by atoms with Crippen LogP contribution in [0.3, 0.4) is 0 Å². The Kier molecular flexibility index (Phi) is 3.43. The normalized spacial score (nSPS) is 20.6. The Bertz CT molecular complexity index is 583. The molecule has 0 radical (unpaired) electrons. The fraction of sp³-hybridized carbons (Fsp3) is 0.444. The van der Waals surface area contributed by atoms with Crippen molar-refractivity contribution in [1.82, 2.24) is 4.57 Å². The summed E-state index contributed by atoms with van der Waals surface area (Å²) in [5.74, 6) is 0. The van der Waals surface area contributed by atoms with Gasteiger partial charge >= 0.3 is 0 Å². The van der Waals surface area contributed by atoms with Gasteiger partial charge in [0.25, 0.3) is 0 Å². The molecule has 1 aromatic heterocycles. The van der Waals surface area contributed by atoms with E-state index in [4.69, 9.17) is 0 Å². The molecule has 0 fully saturated rings. The Morgan fingerprint density at radius 3 is 2.70 bits per heavy atom. The fourth-order valence-corrected chi connectivity index (χ4v) is 3.29. The number of fused-ring (bicyclic) bond motifs is 1. The van der Waals surface area contributed by atoms with Crippen molar-refractivity contribution in [3.05, 3.63) is 59.4 Å². The van der Waals surface area contributed by atoms with Crippen molar-refractivity contribution in [3.8, 4) is 0 Å². The molecule has 2 aromatic rings. The van der Waals surface area contributed by atoms with Gasteiger partial charge in [-0.2, -0.15) is 0 Å². The molecule has 1 aliphatic carbocycles. The fourth-order valence-electron chi connectivity index (χ4n) is 3.29. The monoisotopic (exact) mass is 269 g/mol. The SMILES string of the molecule is CC1(C)Cc2c(ccn2CCc2ccccc2)C(O)C1. The van der Waals surface area contributed by atoms with E-state index in [0.717, 1.165) is 31.4 Å². The zero-order chi connectivity index (χ0) is 14.2. The predicted molar refractivity (Wildman–Crippen MR) is 81.6 cm³/mol. The van der Waals surface area contributed by atoms with E-state index in [1.165, 1.54) is 11.3 Å². The predicted octanol–water partition coefficient (Wildman–Crippen LogP) is 3.74. The van der Waals surface area contributed by atoms with Gasteiger partial charge in [-0.05, 0) is 36.3 Å². The van der Waals surface area contributed by atoms with Crippen LogP contribution < -0.4 is 0 Å². The lowest BCUT2D eigenvalue weighted by Gasteiger charge is -2.34. The van der Waals surface area contributed by atoms with E-state index in [1.54, 1.807) is 0 Å². The summed E-state index contributed by atoms with van der Waals surface area (Å²) < 4.78 is 2.33. The molecule has 1 aliphatic rings. The summed E-state index contributed by atoms with van der Waals surface area (Å²) in [4.78, 5) is 0. The minimum absolute atomic E-state index is 0.190. The maximum atomic E-state index is 10.3. The van der Waals surface area contributed by atoms with Crippen molar-refractivity contribution >= 4 is 0 Å². The van der Waals surface area contributed by atoms with Gasteiger partial charge in [-0.3, -0.25) is 0 Å². The molecule has 1 N–H and O–H groups in total. The summed E-state index contributed by atoms with van der Waals surface area (Å²) in [6.07, 6.45) is 4.80.